The third kappa shape index (κ3) is 5.94. The van der Waals surface area contributed by atoms with E-state index in [4.69, 9.17) is 4.74 Å². The number of ether oxygens (including phenoxy) is 1. The molecule has 4 nitrogen and oxygen atoms in total. The molecule has 14 heavy (non-hydrogen) atoms. The van der Waals surface area contributed by atoms with Crippen LogP contribution in [0.2, 0.25) is 0 Å². The number of likely N-dealkylation sites (N-methyl/N-ethyl adjacent to an activating group) is 1. The zero-order chi connectivity index (χ0) is 11.0. The van der Waals surface area contributed by atoms with E-state index in [1.54, 1.807) is 0 Å². The zero-order valence-corrected chi connectivity index (χ0v) is 9.67. The van der Waals surface area contributed by atoms with Crippen molar-refractivity contribution in [1.29, 1.82) is 0 Å². The Morgan fingerprint density at radius 3 is 2.64 bits per heavy atom. The van der Waals surface area contributed by atoms with Crippen LogP contribution in [0, 0.1) is 0 Å². The van der Waals surface area contributed by atoms with Crippen molar-refractivity contribution in [2.75, 3.05) is 33.3 Å². The molecule has 1 unspecified atom stereocenters. The van der Waals surface area contributed by atoms with Gasteiger partial charge in [-0.25, -0.2) is 0 Å². The minimum Gasteiger partial charge on any atom is -0.465 e. The molecule has 4 heteroatoms. The van der Waals surface area contributed by atoms with E-state index >= 15 is 0 Å². The molecular formula is C10H22N2O2. The Morgan fingerprint density at radius 2 is 2.14 bits per heavy atom. The van der Waals surface area contributed by atoms with Gasteiger partial charge in [0.05, 0.1) is 6.61 Å². The number of hydrogen-bond donors (Lipinski definition) is 1. The molecule has 0 aromatic heterocycles. The van der Waals surface area contributed by atoms with E-state index in [0.717, 1.165) is 19.6 Å². The summed E-state index contributed by atoms with van der Waals surface area (Å²) in [6.45, 7) is 8.97. The number of esters is 1. The van der Waals surface area contributed by atoms with E-state index < -0.39 is 0 Å². The first-order valence-electron chi connectivity index (χ1n) is 5.20. The number of carbonyl (C=O) groups excluding carboxylic acids is 1. The third-order valence-corrected chi connectivity index (χ3v) is 2.12. The molecular weight excluding hydrogens is 180 g/mol. The standard InChI is InChI=1S/C10H22N2O2/c1-5-12(4)8-7-11-9(3)10(13)14-6-2/h9,11H,5-8H2,1-4H3. The van der Waals surface area contributed by atoms with Gasteiger partial charge in [-0.3, -0.25) is 4.79 Å². The number of hydrogen-bond acceptors (Lipinski definition) is 4. The Kier molecular flexibility index (Phi) is 7.42. The molecule has 1 N–H and O–H groups in total. The van der Waals surface area contributed by atoms with Crippen LogP contribution < -0.4 is 5.32 Å². The third-order valence-electron chi connectivity index (χ3n) is 2.12. The van der Waals surface area contributed by atoms with Crippen molar-refractivity contribution in [2.24, 2.45) is 0 Å². The smallest absolute Gasteiger partial charge is 0.322 e. The lowest BCUT2D eigenvalue weighted by Gasteiger charge is -2.16. The first-order valence-corrected chi connectivity index (χ1v) is 5.20. The predicted molar refractivity (Wildman–Crippen MR) is 57.3 cm³/mol. The minimum absolute atomic E-state index is 0.174. The highest BCUT2D eigenvalue weighted by Crippen LogP contribution is 1.87. The van der Waals surface area contributed by atoms with E-state index in [2.05, 4.69) is 24.2 Å². The average Bonchev–Trinajstić information content (AvgIpc) is 2.17. The monoisotopic (exact) mass is 202 g/mol. The van der Waals surface area contributed by atoms with E-state index in [-0.39, 0.29) is 12.0 Å². The van der Waals surface area contributed by atoms with Crippen molar-refractivity contribution in [1.82, 2.24) is 10.2 Å². The molecule has 0 aromatic rings. The van der Waals surface area contributed by atoms with Gasteiger partial charge in [0.15, 0.2) is 0 Å². The second-order valence-corrected chi connectivity index (χ2v) is 3.32. The minimum atomic E-state index is -0.208. The Hall–Kier alpha value is -0.610. The van der Waals surface area contributed by atoms with E-state index in [1.165, 1.54) is 0 Å². The summed E-state index contributed by atoms with van der Waals surface area (Å²) >= 11 is 0. The van der Waals surface area contributed by atoms with Gasteiger partial charge in [-0.15, -0.1) is 0 Å². The van der Waals surface area contributed by atoms with Crippen molar-refractivity contribution >= 4 is 5.97 Å². The molecule has 0 aromatic carbocycles. The average molecular weight is 202 g/mol. The topological polar surface area (TPSA) is 41.6 Å². The molecule has 0 fully saturated rings. The SMILES string of the molecule is CCOC(=O)C(C)NCCN(C)CC. The number of rotatable bonds is 7. The zero-order valence-electron chi connectivity index (χ0n) is 9.67. The van der Waals surface area contributed by atoms with Crippen LogP contribution in [0.4, 0.5) is 0 Å². The van der Waals surface area contributed by atoms with E-state index in [1.807, 2.05) is 13.8 Å². The molecule has 0 saturated heterocycles. The molecule has 0 heterocycles. The molecule has 0 bridgehead atoms. The lowest BCUT2D eigenvalue weighted by atomic mass is 10.3. The Bertz CT molecular complexity index is 162. The first kappa shape index (κ1) is 13.4. The highest BCUT2D eigenvalue weighted by atomic mass is 16.5. The lowest BCUT2D eigenvalue weighted by Crippen LogP contribution is -2.39. The summed E-state index contributed by atoms with van der Waals surface area (Å²) in [5.41, 5.74) is 0. The van der Waals surface area contributed by atoms with E-state index in [9.17, 15) is 4.79 Å². The largest absolute Gasteiger partial charge is 0.465 e. The molecule has 0 amide bonds. The fraction of sp³-hybridized carbons (Fsp3) is 0.900. The number of nitrogens with zero attached hydrogens (tertiary/aromatic N) is 1. The summed E-state index contributed by atoms with van der Waals surface area (Å²) in [5.74, 6) is -0.174. The summed E-state index contributed by atoms with van der Waals surface area (Å²) in [7, 11) is 2.05. The summed E-state index contributed by atoms with van der Waals surface area (Å²) in [5, 5.41) is 3.12. The highest BCUT2D eigenvalue weighted by molar-refractivity contribution is 5.75. The van der Waals surface area contributed by atoms with Gasteiger partial charge in [-0.05, 0) is 27.4 Å². The molecule has 0 spiro atoms. The van der Waals surface area contributed by atoms with Crippen molar-refractivity contribution in [3.8, 4) is 0 Å². The van der Waals surface area contributed by atoms with Gasteiger partial charge in [0.25, 0.3) is 0 Å². The van der Waals surface area contributed by atoms with Gasteiger partial charge in [-0.1, -0.05) is 6.92 Å². The second-order valence-electron chi connectivity index (χ2n) is 3.32. The Morgan fingerprint density at radius 1 is 1.50 bits per heavy atom. The fourth-order valence-corrected chi connectivity index (χ4v) is 0.981. The second kappa shape index (κ2) is 7.76. The van der Waals surface area contributed by atoms with Crippen molar-refractivity contribution in [3.05, 3.63) is 0 Å². The van der Waals surface area contributed by atoms with Gasteiger partial charge >= 0.3 is 5.97 Å². The quantitative estimate of drug-likeness (QED) is 0.610. The predicted octanol–water partition coefficient (Wildman–Crippen LogP) is 0.479. The van der Waals surface area contributed by atoms with Crippen molar-refractivity contribution < 1.29 is 9.53 Å². The van der Waals surface area contributed by atoms with Gasteiger partial charge < -0.3 is 15.0 Å². The van der Waals surface area contributed by atoms with Crippen LogP contribution in [-0.2, 0) is 9.53 Å². The number of carbonyl (C=O) groups is 1. The molecule has 0 aliphatic carbocycles. The first-order chi connectivity index (χ1) is 6.61. The normalized spacial score (nSPS) is 12.9. The van der Waals surface area contributed by atoms with Crippen LogP contribution in [-0.4, -0.2) is 50.2 Å². The molecule has 84 valence electrons. The van der Waals surface area contributed by atoms with Gasteiger partial charge in [0, 0.05) is 13.1 Å². The highest BCUT2D eigenvalue weighted by Gasteiger charge is 2.12. The molecule has 0 saturated carbocycles. The maximum atomic E-state index is 11.2. The van der Waals surface area contributed by atoms with E-state index in [0.29, 0.717) is 6.61 Å². The van der Waals surface area contributed by atoms with Crippen molar-refractivity contribution in [2.45, 2.75) is 26.8 Å². The summed E-state index contributed by atoms with van der Waals surface area (Å²) in [4.78, 5) is 13.4. The van der Waals surface area contributed by atoms with Crippen molar-refractivity contribution in [3.63, 3.8) is 0 Å². The van der Waals surface area contributed by atoms with Gasteiger partial charge in [0.1, 0.15) is 6.04 Å². The van der Waals surface area contributed by atoms with Crippen LogP contribution in [0.1, 0.15) is 20.8 Å². The fourth-order valence-electron chi connectivity index (χ4n) is 0.981. The van der Waals surface area contributed by atoms with Crippen LogP contribution in [0.3, 0.4) is 0 Å². The molecule has 0 aliphatic rings. The maximum Gasteiger partial charge on any atom is 0.322 e. The van der Waals surface area contributed by atoms with Crippen LogP contribution in [0.5, 0.6) is 0 Å². The summed E-state index contributed by atoms with van der Waals surface area (Å²) < 4.78 is 4.87. The molecule has 1 atom stereocenters. The Labute approximate surface area is 86.6 Å². The molecule has 0 aliphatic heterocycles. The molecule has 0 radical (unpaired) electrons. The number of nitrogens with one attached hydrogen (secondary N) is 1. The van der Waals surface area contributed by atoms with Gasteiger partial charge in [0.2, 0.25) is 0 Å². The summed E-state index contributed by atoms with van der Waals surface area (Å²) in [6.07, 6.45) is 0. The van der Waals surface area contributed by atoms with Gasteiger partial charge in [-0.2, -0.15) is 0 Å². The molecule has 0 rings (SSSR count). The Balaban J connectivity index is 3.52. The van der Waals surface area contributed by atoms with Crippen LogP contribution in [0.15, 0.2) is 0 Å². The van der Waals surface area contributed by atoms with Crippen LogP contribution in [0.25, 0.3) is 0 Å². The lowest BCUT2D eigenvalue weighted by molar-refractivity contribution is -0.145. The summed E-state index contributed by atoms with van der Waals surface area (Å²) in [6, 6.07) is -0.208. The maximum absolute atomic E-state index is 11.2. The van der Waals surface area contributed by atoms with Crippen LogP contribution >= 0.6 is 0 Å².